The van der Waals surface area contributed by atoms with Crippen LogP contribution >= 0.6 is 0 Å². The fourth-order valence-electron chi connectivity index (χ4n) is 2.05. The van der Waals surface area contributed by atoms with Crippen LogP contribution < -0.4 is 5.32 Å². The lowest BCUT2D eigenvalue weighted by atomic mass is 10.2. The Bertz CT molecular complexity index is 272. The topological polar surface area (TPSA) is 52.7 Å². The highest BCUT2D eigenvalue weighted by Crippen LogP contribution is 2.11. The average molecular weight is 211 g/mol. The number of amides is 2. The van der Waals surface area contributed by atoms with Crippen LogP contribution in [0.15, 0.2) is 0 Å². The zero-order valence-corrected chi connectivity index (χ0v) is 9.03. The Morgan fingerprint density at radius 3 is 2.53 bits per heavy atom. The molecule has 84 valence electrons. The summed E-state index contributed by atoms with van der Waals surface area (Å²) in [6.45, 7) is 3.40. The van der Waals surface area contributed by atoms with E-state index in [9.17, 15) is 9.59 Å². The summed E-state index contributed by atoms with van der Waals surface area (Å²) in [4.78, 5) is 27.0. The fraction of sp³-hybridized carbons (Fsp3) is 0.800. The molecule has 2 rings (SSSR count). The second-order valence-electron chi connectivity index (χ2n) is 4.29. The van der Waals surface area contributed by atoms with Crippen molar-refractivity contribution in [1.29, 1.82) is 0 Å². The normalized spacial score (nSPS) is 27.9. The van der Waals surface area contributed by atoms with Crippen molar-refractivity contribution in [2.75, 3.05) is 33.2 Å². The molecule has 5 nitrogen and oxygen atoms in total. The van der Waals surface area contributed by atoms with Gasteiger partial charge in [0.05, 0.1) is 0 Å². The van der Waals surface area contributed by atoms with E-state index in [0.29, 0.717) is 12.8 Å². The fourth-order valence-corrected chi connectivity index (χ4v) is 2.05. The molecule has 1 unspecified atom stereocenters. The van der Waals surface area contributed by atoms with Gasteiger partial charge in [-0.1, -0.05) is 0 Å². The van der Waals surface area contributed by atoms with Crippen LogP contribution in [0.4, 0.5) is 0 Å². The van der Waals surface area contributed by atoms with Crippen LogP contribution in [0.1, 0.15) is 12.8 Å². The van der Waals surface area contributed by atoms with E-state index in [1.165, 1.54) is 0 Å². The highest BCUT2D eigenvalue weighted by Gasteiger charge is 2.31. The molecule has 0 aromatic rings. The number of hydrogen-bond acceptors (Lipinski definition) is 3. The predicted molar refractivity (Wildman–Crippen MR) is 55.2 cm³/mol. The first-order chi connectivity index (χ1) is 7.16. The average Bonchev–Trinajstić information content (AvgIpc) is 2.65. The third kappa shape index (κ3) is 2.28. The maximum atomic E-state index is 11.9. The standard InChI is InChI=1S/C10H17N3O2/c1-12-4-6-13(7-5-12)10(15)8-2-3-9(14)11-8/h8H,2-7H2,1H3,(H,11,14). The van der Waals surface area contributed by atoms with Crippen molar-refractivity contribution in [3.63, 3.8) is 0 Å². The van der Waals surface area contributed by atoms with Gasteiger partial charge in [-0.25, -0.2) is 0 Å². The van der Waals surface area contributed by atoms with Gasteiger partial charge in [-0.2, -0.15) is 0 Å². The molecule has 2 heterocycles. The van der Waals surface area contributed by atoms with Crippen LogP contribution in [-0.4, -0.2) is 60.9 Å². The first-order valence-corrected chi connectivity index (χ1v) is 5.43. The Labute approximate surface area is 89.4 Å². The summed E-state index contributed by atoms with van der Waals surface area (Å²) in [5.74, 6) is 0.0939. The summed E-state index contributed by atoms with van der Waals surface area (Å²) in [6.07, 6.45) is 1.15. The summed E-state index contributed by atoms with van der Waals surface area (Å²) in [5.41, 5.74) is 0. The first-order valence-electron chi connectivity index (χ1n) is 5.43. The van der Waals surface area contributed by atoms with Gasteiger partial charge in [0, 0.05) is 32.6 Å². The Morgan fingerprint density at radius 2 is 2.00 bits per heavy atom. The minimum absolute atomic E-state index is 0.00229. The minimum Gasteiger partial charge on any atom is -0.344 e. The number of nitrogens with one attached hydrogen (secondary N) is 1. The summed E-state index contributed by atoms with van der Waals surface area (Å²) < 4.78 is 0. The third-order valence-electron chi connectivity index (χ3n) is 3.11. The Hall–Kier alpha value is -1.10. The predicted octanol–water partition coefficient (Wildman–Crippen LogP) is -0.961. The second-order valence-corrected chi connectivity index (χ2v) is 4.29. The van der Waals surface area contributed by atoms with Crippen LogP contribution in [0, 0.1) is 0 Å². The number of rotatable bonds is 1. The van der Waals surface area contributed by atoms with Crippen LogP contribution in [0.3, 0.4) is 0 Å². The molecule has 0 aliphatic carbocycles. The van der Waals surface area contributed by atoms with Gasteiger partial charge in [0.15, 0.2) is 0 Å². The van der Waals surface area contributed by atoms with E-state index in [1.54, 1.807) is 0 Å². The molecule has 2 saturated heterocycles. The van der Waals surface area contributed by atoms with Gasteiger partial charge >= 0.3 is 0 Å². The maximum Gasteiger partial charge on any atom is 0.245 e. The molecule has 0 saturated carbocycles. The minimum atomic E-state index is -0.263. The molecule has 2 amide bonds. The molecule has 0 aromatic heterocycles. The van der Waals surface area contributed by atoms with E-state index in [2.05, 4.69) is 17.3 Å². The van der Waals surface area contributed by atoms with Crippen molar-refractivity contribution >= 4 is 11.8 Å². The zero-order chi connectivity index (χ0) is 10.8. The molecule has 1 atom stereocenters. The quantitative estimate of drug-likeness (QED) is 0.608. The Kier molecular flexibility index (Phi) is 2.90. The van der Waals surface area contributed by atoms with Crippen LogP contribution in [0.5, 0.6) is 0 Å². The van der Waals surface area contributed by atoms with Crippen molar-refractivity contribution in [3.8, 4) is 0 Å². The van der Waals surface area contributed by atoms with E-state index < -0.39 is 0 Å². The van der Waals surface area contributed by atoms with Crippen molar-refractivity contribution in [1.82, 2.24) is 15.1 Å². The molecule has 15 heavy (non-hydrogen) atoms. The van der Waals surface area contributed by atoms with E-state index in [4.69, 9.17) is 0 Å². The lowest BCUT2D eigenvalue weighted by Gasteiger charge is -2.33. The molecule has 1 N–H and O–H groups in total. The number of nitrogens with zero attached hydrogens (tertiary/aromatic N) is 2. The summed E-state index contributed by atoms with van der Waals surface area (Å²) >= 11 is 0. The smallest absolute Gasteiger partial charge is 0.245 e. The molecular weight excluding hydrogens is 194 g/mol. The van der Waals surface area contributed by atoms with Crippen LogP contribution in [0.25, 0.3) is 0 Å². The van der Waals surface area contributed by atoms with Gasteiger partial charge in [0.2, 0.25) is 11.8 Å². The van der Waals surface area contributed by atoms with Crippen LogP contribution in [-0.2, 0) is 9.59 Å². The molecule has 2 fully saturated rings. The zero-order valence-electron chi connectivity index (χ0n) is 9.03. The van der Waals surface area contributed by atoms with Gasteiger partial charge in [-0.05, 0) is 13.5 Å². The maximum absolute atomic E-state index is 11.9. The summed E-state index contributed by atoms with van der Waals surface area (Å²) in [5, 5.41) is 2.72. The number of piperazine rings is 1. The summed E-state index contributed by atoms with van der Waals surface area (Å²) in [7, 11) is 2.05. The monoisotopic (exact) mass is 211 g/mol. The molecule has 0 spiro atoms. The first kappa shape index (κ1) is 10.4. The number of hydrogen-bond donors (Lipinski definition) is 1. The van der Waals surface area contributed by atoms with E-state index in [1.807, 2.05) is 4.90 Å². The van der Waals surface area contributed by atoms with Crippen molar-refractivity contribution in [2.45, 2.75) is 18.9 Å². The second kappa shape index (κ2) is 4.18. The Morgan fingerprint density at radius 1 is 1.33 bits per heavy atom. The van der Waals surface area contributed by atoms with Gasteiger partial charge < -0.3 is 15.1 Å². The van der Waals surface area contributed by atoms with E-state index >= 15 is 0 Å². The number of carbonyl (C=O) groups is 2. The van der Waals surface area contributed by atoms with Crippen molar-refractivity contribution in [2.24, 2.45) is 0 Å². The van der Waals surface area contributed by atoms with Crippen molar-refractivity contribution < 1.29 is 9.59 Å². The molecule has 0 aromatic carbocycles. The van der Waals surface area contributed by atoms with E-state index in [-0.39, 0.29) is 17.9 Å². The number of likely N-dealkylation sites (N-methyl/N-ethyl adjacent to an activating group) is 1. The molecule has 2 aliphatic heterocycles. The van der Waals surface area contributed by atoms with Crippen LogP contribution in [0.2, 0.25) is 0 Å². The Balaban J connectivity index is 1.88. The molecule has 5 heteroatoms. The molecule has 0 radical (unpaired) electrons. The lowest BCUT2D eigenvalue weighted by Crippen LogP contribution is -2.52. The van der Waals surface area contributed by atoms with E-state index in [0.717, 1.165) is 26.2 Å². The molecule has 2 aliphatic rings. The highest BCUT2D eigenvalue weighted by molar-refractivity contribution is 5.90. The lowest BCUT2D eigenvalue weighted by molar-refractivity contribution is -0.135. The van der Waals surface area contributed by atoms with Gasteiger partial charge in [-0.3, -0.25) is 9.59 Å². The molecular formula is C10H17N3O2. The SMILES string of the molecule is CN1CCN(C(=O)C2CCC(=O)N2)CC1. The highest BCUT2D eigenvalue weighted by atomic mass is 16.2. The van der Waals surface area contributed by atoms with Gasteiger partial charge in [0.25, 0.3) is 0 Å². The van der Waals surface area contributed by atoms with Crippen molar-refractivity contribution in [3.05, 3.63) is 0 Å². The third-order valence-corrected chi connectivity index (χ3v) is 3.11. The molecule has 0 bridgehead atoms. The summed E-state index contributed by atoms with van der Waals surface area (Å²) in [6, 6.07) is -0.263. The van der Waals surface area contributed by atoms with Gasteiger partial charge in [-0.15, -0.1) is 0 Å². The largest absolute Gasteiger partial charge is 0.344 e. The van der Waals surface area contributed by atoms with Gasteiger partial charge in [0.1, 0.15) is 6.04 Å². The number of carbonyl (C=O) groups excluding carboxylic acids is 2.